The van der Waals surface area contributed by atoms with E-state index in [-0.39, 0.29) is 18.2 Å². The van der Waals surface area contributed by atoms with Gasteiger partial charge in [0.25, 0.3) is 0 Å². The lowest BCUT2D eigenvalue weighted by Crippen LogP contribution is -2.74. The molecule has 0 radical (unpaired) electrons. The Bertz CT molecular complexity index is 1270. The van der Waals surface area contributed by atoms with Crippen LogP contribution in [0, 0.1) is 0 Å². The summed E-state index contributed by atoms with van der Waals surface area (Å²) in [6, 6.07) is 3.80. The molecule has 212 valence electrons. The summed E-state index contributed by atoms with van der Waals surface area (Å²) in [6.45, 7) is 9.22. The van der Waals surface area contributed by atoms with Crippen molar-refractivity contribution in [2.45, 2.75) is 101 Å². The molecule has 2 aliphatic carbocycles. The summed E-state index contributed by atoms with van der Waals surface area (Å²) in [5, 5.41) is 12.3. The van der Waals surface area contributed by atoms with E-state index in [0.717, 1.165) is 17.7 Å². The Morgan fingerprint density at radius 1 is 1.13 bits per heavy atom. The van der Waals surface area contributed by atoms with Crippen LogP contribution in [0.2, 0.25) is 0 Å². The highest BCUT2D eigenvalue weighted by molar-refractivity contribution is 5.87. The largest absolute Gasteiger partial charge is 0.493 e. The molecule has 1 aromatic rings. The van der Waals surface area contributed by atoms with E-state index in [0.29, 0.717) is 24.3 Å². The molecule has 5 aliphatic rings. The number of likely N-dealkylation sites (tertiary alicyclic amines) is 1. The minimum absolute atomic E-state index is 0.124. The molecule has 6 rings (SSSR count). The van der Waals surface area contributed by atoms with Gasteiger partial charge in [-0.05, 0) is 78.8 Å². The molecule has 1 N–H and O–H groups in total. The Morgan fingerprint density at radius 2 is 1.82 bits per heavy atom. The Balaban J connectivity index is 1.36. The van der Waals surface area contributed by atoms with Crippen LogP contribution in [-0.2, 0) is 40.4 Å². The molecular weight excluding hydrogens is 506 g/mol. The number of aliphatic hydroxyl groups is 1. The smallest absolute Gasteiger partial charge is 0.343 e. The van der Waals surface area contributed by atoms with Gasteiger partial charge in [0.2, 0.25) is 0 Å². The first-order valence-corrected chi connectivity index (χ1v) is 13.5. The number of hydrogen-bond acceptors (Lipinski definition) is 10. The molecule has 2 saturated heterocycles. The number of esters is 2. The van der Waals surface area contributed by atoms with E-state index in [1.165, 1.54) is 0 Å². The van der Waals surface area contributed by atoms with Crippen molar-refractivity contribution in [3.8, 4) is 11.5 Å². The van der Waals surface area contributed by atoms with Crippen LogP contribution in [-0.4, -0.2) is 84.0 Å². The van der Waals surface area contributed by atoms with Crippen molar-refractivity contribution in [3.63, 3.8) is 0 Å². The minimum atomic E-state index is -1.33. The number of hydrogen-bond donors (Lipinski definition) is 1. The molecule has 10 nitrogen and oxygen atoms in total. The summed E-state index contributed by atoms with van der Waals surface area (Å²) in [4.78, 5) is 28.7. The van der Waals surface area contributed by atoms with Crippen LogP contribution in [0.1, 0.15) is 58.6 Å². The summed E-state index contributed by atoms with van der Waals surface area (Å²) in [7, 11) is 3.62. The SMILES string of the molecule is COc1ccc2c3c1O[C@H]1C(OC(=O)[C@@H]4OC(C)(C)OC4C(=O)OC(C)(C)C)=CC[C@@]4(O)[C@@H](C2)N(C)CC[C@]314. The van der Waals surface area contributed by atoms with E-state index < -0.39 is 52.7 Å². The molecule has 6 atom stereocenters. The van der Waals surface area contributed by atoms with Crippen molar-refractivity contribution in [1.82, 2.24) is 4.90 Å². The van der Waals surface area contributed by atoms with Crippen molar-refractivity contribution in [1.29, 1.82) is 0 Å². The van der Waals surface area contributed by atoms with Gasteiger partial charge in [-0.15, -0.1) is 0 Å². The highest BCUT2D eigenvalue weighted by atomic mass is 16.8. The molecular formula is C29H37NO9. The van der Waals surface area contributed by atoms with Crippen molar-refractivity contribution in [2.24, 2.45) is 0 Å². The van der Waals surface area contributed by atoms with Crippen LogP contribution >= 0.6 is 0 Å². The number of rotatable bonds is 4. The average molecular weight is 544 g/mol. The second-order valence-electron chi connectivity index (χ2n) is 12.7. The second kappa shape index (κ2) is 8.42. The van der Waals surface area contributed by atoms with Crippen molar-refractivity contribution in [2.75, 3.05) is 20.7 Å². The van der Waals surface area contributed by atoms with Gasteiger partial charge in [0, 0.05) is 18.0 Å². The van der Waals surface area contributed by atoms with E-state index in [1.807, 2.05) is 19.2 Å². The van der Waals surface area contributed by atoms with Crippen LogP contribution in [0.25, 0.3) is 0 Å². The summed E-state index contributed by atoms with van der Waals surface area (Å²) in [5.74, 6) is -1.24. The van der Waals surface area contributed by atoms with E-state index in [1.54, 1.807) is 47.8 Å². The number of likely N-dealkylation sites (N-methyl/N-ethyl adjacent to an activating group) is 1. The first-order valence-electron chi connectivity index (χ1n) is 13.5. The highest BCUT2D eigenvalue weighted by Crippen LogP contribution is 2.65. The predicted molar refractivity (Wildman–Crippen MR) is 137 cm³/mol. The molecule has 1 aromatic carbocycles. The maximum Gasteiger partial charge on any atom is 0.343 e. The normalized spacial score (nSPS) is 35.9. The quantitative estimate of drug-likeness (QED) is 0.568. The van der Waals surface area contributed by atoms with Gasteiger partial charge in [-0.1, -0.05) is 6.07 Å². The van der Waals surface area contributed by atoms with Crippen molar-refractivity contribution < 1.29 is 43.1 Å². The fourth-order valence-electron chi connectivity index (χ4n) is 7.23. The zero-order valence-electron chi connectivity index (χ0n) is 23.5. The van der Waals surface area contributed by atoms with Gasteiger partial charge in [-0.25, -0.2) is 9.59 Å². The van der Waals surface area contributed by atoms with Gasteiger partial charge >= 0.3 is 11.9 Å². The lowest BCUT2D eigenvalue weighted by atomic mass is 9.50. The summed E-state index contributed by atoms with van der Waals surface area (Å²) >= 11 is 0. The van der Waals surface area contributed by atoms with Gasteiger partial charge in [0.15, 0.2) is 35.6 Å². The second-order valence-corrected chi connectivity index (χ2v) is 12.7. The molecule has 2 fully saturated rings. The standard InChI is InChI=1S/C29H37NO9/c1-26(2,3)39-25(32)22-21(37-27(4,5)38-22)24(31)35-17-10-11-29(33)18-14-15-8-9-16(34-7)20-19(15)28(29,23(17)36-20)12-13-30(18)6/h8-10,18,21-23,33H,11-14H2,1-7H3/t18-,21-,22?,23+,28+,29-/m1/s1. The molecule has 0 aromatic heterocycles. The lowest BCUT2D eigenvalue weighted by Gasteiger charge is -2.61. The molecule has 3 aliphatic heterocycles. The van der Waals surface area contributed by atoms with Gasteiger partial charge in [0.1, 0.15) is 11.4 Å². The fourth-order valence-corrected chi connectivity index (χ4v) is 7.23. The zero-order chi connectivity index (χ0) is 28.1. The third-order valence-corrected chi connectivity index (χ3v) is 8.74. The lowest BCUT2D eigenvalue weighted by molar-refractivity contribution is -0.180. The average Bonchev–Trinajstić information content (AvgIpc) is 3.37. The van der Waals surface area contributed by atoms with E-state index in [2.05, 4.69) is 4.90 Å². The maximum atomic E-state index is 13.6. The first kappa shape index (κ1) is 26.6. The minimum Gasteiger partial charge on any atom is -0.493 e. The van der Waals surface area contributed by atoms with Crippen LogP contribution in [0.3, 0.4) is 0 Å². The van der Waals surface area contributed by atoms with E-state index >= 15 is 0 Å². The predicted octanol–water partition coefficient (Wildman–Crippen LogP) is 2.38. The summed E-state index contributed by atoms with van der Waals surface area (Å²) in [5.41, 5.74) is -0.680. The Hall–Kier alpha value is -2.66. The van der Waals surface area contributed by atoms with Gasteiger partial charge in [-0.3, -0.25) is 0 Å². The Morgan fingerprint density at radius 3 is 2.49 bits per heavy atom. The van der Waals surface area contributed by atoms with Crippen LogP contribution < -0.4 is 9.47 Å². The van der Waals surface area contributed by atoms with Gasteiger partial charge in [0.05, 0.1) is 18.1 Å². The molecule has 0 amide bonds. The molecule has 3 heterocycles. The molecule has 2 bridgehead atoms. The van der Waals surface area contributed by atoms with Crippen LogP contribution in [0.5, 0.6) is 11.5 Å². The van der Waals surface area contributed by atoms with E-state index in [4.69, 9.17) is 28.4 Å². The number of carbonyl (C=O) groups excluding carboxylic acids is 2. The number of nitrogens with zero attached hydrogens (tertiary/aromatic N) is 1. The number of methoxy groups -OCH3 is 1. The molecule has 10 heteroatoms. The molecule has 39 heavy (non-hydrogen) atoms. The molecule has 1 unspecified atom stereocenters. The van der Waals surface area contributed by atoms with E-state index in [9.17, 15) is 14.7 Å². The number of benzene rings is 1. The van der Waals surface area contributed by atoms with Gasteiger partial charge < -0.3 is 38.4 Å². The van der Waals surface area contributed by atoms with Crippen LogP contribution in [0.4, 0.5) is 0 Å². The van der Waals surface area contributed by atoms with Crippen LogP contribution in [0.15, 0.2) is 24.0 Å². The van der Waals surface area contributed by atoms with Crippen molar-refractivity contribution >= 4 is 11.9 Å². The maximum absolute atomic E-state index is 13.6. The Kier molecular flexibility index (Phi) is 5.74. The first-order chi connectivity index (χ1) is 18.2. The Labute approximate surface area is 228 Å². The number of piperidine rings is 1. The monoisotopic (exact) mass is 543 g/mol. The fraction of sp³-hybridized carbons (Fsp3) is 0.655. The molecule has 1 spiro atoms. The molecule has 0 saturated carbocycles. The van der Waals surface area contributed by atoms with Crippen molar-refractivity contribution in [3.05, 3.63) is 35.1 Å². The zero-order valence-corrected chi connectivity index (χ0v) is 23.5. The van der Waals surface area contributed by atoms with Gasteiger partial charge in [-0.2, -0.15) is 0 Å². The topological polar surface area (TPSA) is 113 Å². The highest BCUT2D eigenvalue weighted by Gasteiger charge is 2.72. The summed E-state index contributed by atoms with van der Waals surface area (Å²) in [6.07, 6.45) is -0.0678. The number of carbonyl (C=O) groups is 2. The third-order valence-electron chi connectivity index (χ3n) is 8.74. The third kappa shape index (κ3) is 3.75. The number of ether oxygens (including phenoxy) is 6. The summed E-state index contributed by atoms with van der Waals surface area (Å²) < 4.78 is 35.3.